The second-order valence-electron chi connectivity index (χ2n) is 5.88. The molecule has 4 nitrogen and oxygen atoms in total. The minimum atomic E-state index is 0.0988. The number of nitrogens with one attached hydrogen (secondary N) is 1. The molecule has 0 aliphatic carbocycles. The van der Waals surface area contributed by atoms with E-state index < -0.39 is 0 Å². The molecule has 1 aromatic carbocycles. The van der Waals surface area contributed by atoms with Crippen molar-refractivity contribution in [2.75, 3.05) is 26.7 Å². The predicted octanol–water partition coefficient (Wildman–Crippen LogP) is 1.83. The van der Waals surface area contributed by atoms with Crippen molar-refractivity contribution in [3.63, 3.8) is 0 Å². The molecule has 2 saturated heterocycles. The van der Waals surface area contributed by atoms with Crippen LogP contribution in [0.3, 0.4) is 0 Å². The zero-order chi connectivity index (χ0) is 14.1. The Labute approximate surface area is 120 Å². The third-order valence-electron chi connectivity index (χ3n) is 4.47. The van der Waals surface area contributed by atoms with Gasteiger partial charge in [-0.15, -0.1) is 0 Å². The summed E-state index contributed by atoms with van der Waals surface area (Å²) in [6.45, 7) is 4.77. The first-order chi connectivity index (χ1) is 9.69. The van der Waals surface area contributed by atoms with Gasteiger partial charge >= 0.3 is 0 Å². The van der Waals surface area contributed by atoms with E-state index in [1.807, 2.05) is 30.0 Å². The van der Waals surface area contributed by atoms with Crippen molar-refractivity contribution in [1.82, 2.24) is 10.2 Å². The number of nitrogens with zero attached hydrogens (tertiary/aromatic N) is 1. The van der Waals surface area contributed by atoms with Gasteiger partial charge in [0, 0.05) is 19.1 Å². The maximum atomic E-state index is 12.7. The number of piperidine rings is 1. The van der Waals surface area contributed by atoms with E-state index in [1.54, 1.807) is 7.11 Å². The second-order valence-corrected chi connectivity index (χ2v) is 5.88. The van der Waals surface area contributed by atoms with Crippen molar-refractivity contribution < 1.29 is 9.53 Å². The predicted molar refractivity (Wildman–Crippen MR) is 78.1 cm³/mol. The van der Waals surface area contributed by atoms with Crippen LogP contribution >= 0.6 is 0 Å². The number of rotatable bonds is 2. The van der Waals surface area contributed by atoms with Crippen LogP contribution in [0, 0.1) is 12.8 Å². The smallest absolute Gasteiger partial charge is 0.257 e. The molecule has 0 saturated carbocycles. The van der Waals surface area contributed by atoms with Crippen LogP contribution < -0.4 is 10.1 Å². The van der Waals surface area contributed by atoms with Crippen molar-refractivity contribution in [3.05, 3.63) is 29.3 Å². The van der Waals surface area contributed by atoms with E-state index in [0.29, 0.717) is 23.3 Å². The molecule has 1 N–H and O–H groups in total. The minimum Gasteiger partial charge on any atom is -0.496 e. The van der Waals surface area contributed by atoms with Gasteiger partial charge in [-0.05, 0) is 44.4 Å². The van der Waals surface area contributed by atoms with Gasteiger partial charge < -0.3 is 15.0 Å². The third-order valence-corrected chi connectivity index (χ3v) is 4.47. The number of amides is 1. The van der Waals surface area contributed by atoms with Crippen molar-refractivity contribution in [3.8, 4) is 5.75 Å². The fourth-order valence-corrected chi connectivity index (χ4v) is 3.37. The number of fused-ring (bicyclic) bond motifs is 1. The fraction of sp³-hybridized carbons (Fsp3) is 0.562. The molecule has 20 heavy (non-hydrogen) atoms. The Morgan fingerprint density at radius 2 is 2.25 bits per heavy atom. The molecule has 2 aliphatic rings. The molecule has 0 radical (unpaired) electrons. The minimum absolute atomic E-state index is 0.0988. The van der Waals surface area contributed by atoms with E-state index in [-0.39, 0.29) is 5.91 Å². The average molecular weight is 274 g/mol. The molecule has 2 unspecified atom stereocenters. The molecule has 0 spiro atoms. The second kappa shape index (κ2) is 5.44. The lowest BCUT2D eigenvalue weighted by atomic mass is 9.94. The van der Waals surface area contributed by atoms with Crippen LogP contribution in [-0.2, 0) is 0 Å². The average Bonchev–Trinajstić information content (AvgIpc) is 2.90. The Kier molecular flexibility index (Phi) is 3.66. The highest BCUT2D eigenvalue weighted by atomic mass is 16.5. The number of aryl methyl sites for hydroxylation is 1. The van der Waals surface area contributed by atoms with Crippen molar-refractivity contribution >= 4 is 5.91 Å². The summed E-state index contributed by atoms with van der Waals surface area (Å²) in [5.41, 5.74) is 1.77. The summed E-state index contributed by atoms with van der Waals surface area (Å²) in [6, 6.07) is 6.25. The van der Waals surface area contributed by atoms with E-state index in [0.717, 1.165) is 25.2 Å². The fourth-order valence-electron chi connectivity index (χ4n) is 3.37. The van der Waals surface area contributed by atoms with Crippen LogP contribution in [0.5, 0.6) is 5.75 Å². The van der Waals surface area contributed by atoms with Gasteiger partial charge in [0.15, 0.2) is 0 Å². The number of carbonyl (C=O) groups excluding carboxylic acids is 1. The molecule has 0 aromatic heterocycles. The summed E-state index contributed by atoms with van der Waals surface area (Å²) in [6.07, 6.45) is 2.45. The van der Waals surface area contributed by atoms with Gasteiger partial charge in [-0.25, -0.2) is 0 Å². The Hall–Kier alpha value is -1.55. The van der Waals surface area contributed by atoms with Crippen LogP contribution in [0.25, 0.3) is 0 Å². The number of hydrogen-bond donors (Lipinski definition) is 1. The van der Waals surface area contributed by atoms with E-state index in [9.17, 15) is 4.79 Å². The van der Waals surface area contributed by atoms with Crippen LogP contribution in [0.1, 0.15) is 28.8 Å². The van der Waals surface area contributed by atoms with Gasteiger partial charge in [0.25, 0.3) is 5.91 Å². The van der Waals surface area contributed by atoms with E-state index in [4.69, 9.17) is 4.74 Å². The number of benzene rings is 1. The first-order valence-electron chi connectivity index (χ1n) is 7.36. The molecule has 3 rings (SSSR count). The van der Waals surface area contributed by atoms with E-state index >= 15 is 0 Å². The monoisotopic (exact) mass is 274 g/mol. The molecule has 2 fully saturated rings. The summed E-state index contributed by atoms with van der Waals surface area (Å²) in [5.74, 6) is 1.38. The number of methoxy groups -OCH3 is 1. The maximum Gasteiger partial charge on any atom is 0.257 e. The molecular weight excluding hydrogens is 252 g/mol. The molecule has 0 bridgehead atoms. The summed E-state index contributed by atoms with van der Waals surface area (Å²) in [7, 11) is 1.62. The van der Waals surface area contributed by atoms with Crippen molar-refractivity contribution in [1.29, 1.82) is 0 Å². The lowest BCUT2D eigenvalue weighted by Crippen LogP contribution is -2.41. The molecule has 1 amide bonds. The van der Waals surface area contributed by atoms with E-state index in [2.05, 4.69) is 5.32 Å². The lowest BCUT2D eigenvalue weighted by molar-refractivity contribution is 0.0782. The van der Waals surface area contributed by atoms with Crippen LogP contribution in [0.2, 0.25) is 0 Å². The standard InChI is InChI=1S/C16H22N2O2/c1-11-5-6-15(20-2)13(8-11)16(19)18-9-12-4-3-7-17-14(12)10-18/h5-6,8,12,14,17H,3-4,7,9-10H2,1-2H3. The van der Waals surface area contributed by atoms with Gasteiger partial charge in [0.1, 0.15) is 5.75 Å². The number of likely N-dealkylation sites (tertiary alicyclic amines) is 1. The summed E-state index contributed by atoms with van der Waals surface area (Å²) < 4.78 is 5.34. The maximum absolute atomic E-state index is 12.7. The van der Waals surface area contributed by atoms with Crippen molar-refractivity contribution in [2.24, 2.45) is 5.92 Å². The quantitative estimate of drug-likeness (QED) is 0.894. The SMILES string of the molecule is COc1ccc(C)cc1C(=O)N1CC2CCCNC2C1. The zero-order valence-corrected chi connectivity index (χ0v) is 12.2. The highest BCUT2D eigenvalue weighted by molar-refractivity contribution is 5.97. The molecule has 2 aliphatic heterocycles. The normalized spacial score (nSPS) is 25.4. The van der Waals surface area contributed by atoms with Crippen molar-refractivity contribution in [2.45, 2.75) is 25.8 Å². The van der Waals surface area contributed by atoms with Gasteiger partial charge in [-0.1, -0.05) is 11.6 Å². The van der Waals surface area contributed by atoms with Gasteiger partial charge in [-0.3, -0.25) is 4.79 Å². The first-order valence-corrected chi connectivity index (χ1v) is 7.36. The highest BCUT2D eigenvalue weighted by Gasteiger charge is 2.37. The Bertz CT molecular complexity index is 501. The van der Waals surface area contributed by atoms with E-state index in [1.165, 1.54) is 12.8 Å². The summed E-state index contributed by atoms with van der Waals surface area (Å²) in [4.78, 5) is 14.7. The topological polar surface area (TPSA) is 41.6 Å². The van der Waals surface area contributed by atoms with Crippen LogP contribution in [0.4, 0.5) is 0 Å². The third kappa shape index (κ3) is 2.40. The Morgan fingerprint density at radius 1 is 1.40 bits per heavy atom. The molecular formula is C16H22N2O2. The first kappa shape index (κ1) is 13.4. The van der Waals surface area contributed by atoms with Crippen LogP contribution in [0.15, 0.2) is 18.2 Å². The Balaban J connectivity index is 1.81. The number of hydrogen-bond acceptors (Lipinski definition) is 3. The van der Waals surface area contributed by atoms with Gasteiger partial charge in [0.2, 0.25) is 0 Å². The molecule has 1 aromatic rings. The molecule has 2 heterocycles. The lowest BCUT2D eigenvalue weighted by Gasteiger charge is -2.24. The van der Waals surface area contributed by atoms with Gasteiger partial charge in [-0.2, -0.15) is 0 Å². The highest BCUT2D eigenvalue weighted by Crippen LogP contribution is 2.28. The molecule has 2 atom stereocenters. The molecule has 108 valence electrons. The van der Waals surface area contributed by atoms with Crippen LogP contribution in [-0.4, -0.2) is 43.6 Å². The number of carbonyl (C=O) groups is 1. The number of ether oxygens (including phenoxy) is 1. The summed E-state index contributed by atoms with van der Waals surface area (Å²) in [5, 5.41) is 3.53. The largest absolute Gasteiger partial charge is 0.496 e. The summed E-state index contributed by atoms with van der Waals surface area (Å²) >= 11 is 0. The molecule has 4 heteroatoms. The van der Waals surface area contributed by atoms with Gasteiger partial charge in [0.05, 0.1) is 12.7 Å². The Morgan fingerprint density at radius 3 is 3.00 bits per heavy atom. The zero-order valence-electron chi connectivity index (χ0n) is 12.2.